The molecule has 0 aromatic carbocycles. The van der Waals surface area contributed by atoms with Gasteiger partial charge in [0.05, 0.1) is 6.10 Å². The third-order valence-electron chi connectivity index (χ3n) is 1.91. The van der Waals surface area contributed by atoms with Crippen molar-refractivity contribution in [3.8, 4) is 0 Å². The first-order valence-electron chi connectivity index (χ1n) is 6.26. The number of rotatable bonds is 5. The summed E-state index contributed by atoms with van der Waals surface area (Å²) >= 11 is 0. The van der Waals surface area contributed by atoms with Crippen LogP contribution in [-0.4, -0.2) is 30.3 Å². The Labute approximate surface area is 109 Å². The highest BCUT2D eigenvalue weighted by Crippen LogP contribution is 2.08. The van der Waals surface area contributed by atoms with E-state index in [1.165, 1.54) is 0 Å². The monoisotopic (exact) mass is 259 g/mol. The lowest BCUT2D eigenvalue weighted by Gasteiger charge is -2.20. The fraction of sp³-hybridized carbons (Fsp3) is 0.846. The summed E-state index contributed by atoms with van der Waals surface area (Å²) in [6.45, 7) is 11.1. The van der Waals surface area contributed by atoms with Gasteiger partial charge in [0.15, 0.2) is 0 Å². The molecule has 0 spiro atoms. The molecule has 0 aliphatic rings. The van der Waals surface area contributed by atoms with E-state index in [0.29, 0.717) is 5.92 Å². The number of esters is 1. The van der Waals surface area contributed by atoms with Crippen molar-refractivity contribution in [3.63, 3.8) is 0 Å². The second-order valence-electron chi connectivity index (χ2n) is 5.79. The number of hydrogen-bond acceptors (Lipinski definition) is 4. The Bertz CT molecular complexity index is 281. The molecule has 0 rings (SSSR count). The van der Waals surface area contributed by atoms with Crippen molar-refractivity contribution in [1.82, 2.24) is 5.32 Å². The number of hydrogen-bond donors (Lipinski definition) is 1. The SMILES string of the molecule is CC(C)CC(C)OC(=O)CNC(=O)OC(C)(C)C. The van der Waals surface area contributed by atoms with Crippen molar-refractivity contribution in [2.24, 2.45) is 5.92 Å². The summed E-state index contributed by atoms with van der Waals surface area (Å²) in [5.74, 6) is 0.0145. The van der Waals surface area contributed by atoms with Gasteiger partial charge in [-0.1, -0.05) is 13.8 Å². The van der Waals surface area contributed by atoms with Gasteiger partial charge in [0.2, 0.25) is 0 Å². The average Bonchev–Trinajstić information content (AvgIpc) is 2.10. The summed E-state index contributed by atoms with van der Waals surface area (Å²) in [5.41, 5.74) is -0.571. The van der Waals surface area contributed by atoms with E-state index in [1.54, 1.807) is 20.8 Å². The van der Waals surface area contributed by atoms with Gasteiger partial charge in [0.1, 0.15) is 12.1 Å². The molecule has 0 fully saturated rings. The first-order valence-corrected chi connectivity index (χ1v) is 6.26. The van der Waals surface area contributed by atoms with Crippen LogP contribution in [0.2, 0.25) is 0 Å². The van der Waals surface area contributed by atoms with Gasteiger partial charge in [-0.3, -0.25) is 4.79 Å². The number of ether oxygens (including phenoxy) is 2. The van der Waals surface area contributed by atoms with Crippen molar-refractivity contribution in [2.45, 2.75) is 59.7 Å². The minimum Gasteiger partial charge on any atom is -0.461 e. The molecular formula is C13H25NO4. The summed E-state index contributed by atoms with van der Waals surface area (Å²) in [6.07, 6.45) is 0.0481. The summed E-state index contributed by atoms with van der Waals surface area (Å²) in [6, 6.07) is 0. The van der Waals surface area contributed by atoms with Crippen LogP contribution in [0.4, 0.5) is 4.79 Å². The fourth-order valence-corrected chi connectivity index (χ4v) is 1.44. The minimum atomic E-state index is -0.615. The molecule has 1 atom stereocenters. The Kier molecular flexibility index (Phi) is 6.73. The zero-order valence-corrected chi connectivity index (χ0v) is 12.2. The van der Waals surface area contributed by atoms with Crippen LogP contribution in [0.5, 0.6) is 0 Å². The predicted octanol–water partition coefficient (Wildman–Crippen LogP) is 2.49. The molecule has 5 heteroatoms. The summed E-state index contributed by atoms with van der Waals surface area (Å²) in [5, 5.41) is 2.36. The van der Waals surface area contributed by atoms with Crippen LogP contribution >= 0.6 is 0 Å². The van der Waals surface area contributed by atoms with E-state index in [0.717, 1.165) is 6.42 Å². The van der Waals surface area contributed by atoms with E-state index in [2.05, 4.69) is 19.2 Å². The predicted molar refractivity (Wildman–Crippen MR) is 69.2 cm³/mol. The first kappa shape index (κ1) is 16.7. The van der Waals surface area contributed by atoms with Crippen molar-refractivity contribution < 1.29 is 19.1 Å². The summed E-state index contributed by atoms with van der Waals surface area (Å²) in [7, 11) is 0. The lowest BCUT2D eigenvalue weighted by atomic mass is 10.1. The van der Waals surface area contributed by atoms with Crippen LogP contribution in [0, 0.1) is 5.92 Å². The van der Waals surface area contributed by atoms with Crippen LogP contribution in [0.25, 0.3) is 0 Å². The van der Waals surface area contributed by atoms with Crippen molar-refractivity contribution in [2.75, 3.05) is 6.54 Å². The van der Waals surface area contributed by atoms with Gasteiger partial charge >= 0.3 is 12.1 Å². The van der Waals surface area contributed by atoms with Crippen LogP contribution in [0.15, 0.2) is 0 Å². The Hall–Kier alpha value is -1.26. The van der Waals surface area contributed by atoms with Crippen molar-refractivity contribution in [3.05, 3.63) is 0 Å². The first-order chi connectivity index (χ1) is 8.10. The number of amides is 1. The van der Waals surface area contributed by atoms with Gasteiger partial charge in [-0.15, -0.1) is 0 Å². The summed E-state index contributed by atoms with van der Waals surface area (Å²) in [4.78, 5) is 22.7. The minimum absolute atomic E-state index is 0.141. The average molecular weight is 259 g/mol. The molecule has 18 heavy (non-hydrogen) atoms. The molecule has 0 bridgehead atoms. The van der Waals surface area contributed by atoms with Gasteiger partial charge < -0.3 is 14.8 Å². The highest BCUT2D eigenvalue weighted by atomic mass is 16.6. The molecule has 0 aliphatic carbocycles. The standard InChI is InChI=1S/C13H25NO4/c1-9(2)7-10(3)17-11(15)8-14-12(16)18-13(4,5)6/h9-10H,7-8H2,1-6H3,(H,14,16). The van der Waals surface area contributed by atoms with Crippen LogP contribution in [-0.2, 0) is 14.3 Å². The molecule has 0 aliphatic heterocycles. The van der Waals surface area contributed by atoms with E-state index in [1.807, 2.05) is 6.92 Å². The lowest BCUT2D eigenvalue weighted by molar-refractivity contribution is -0.147. The van der Waals surface area contributed by atoms with Crippen LogP contribution in [0.3, 0.4) is 0 Å². The molecule has 5 nitrogen and oxygen atoms in total. The Morgan fingerprint density at radius 1 is 1.17 bits per heavy atom. The van der Waals surface area contributed by atoms with Crippen LogP contribution in [0.1, 0.15) is 48.0 Å². The second-order valence-corrected chi connectivity index (χ2v) is 5.79. The molecule has 1 N–H and O–H groups in total. The molecule has 0 heterocycles. The quantitative estimate of drug-likeness (QED) is 0.770. The van der Waals surface area contributed by atoms with Gasteiger partial charge in [0, 0.05) is 0 Å². The van der Waals surface area contributed by atoms with E-state index in [4.69, 9.17) is 9.47 Å². The lowest BCUT2D eigenvalue weighted by Crippen LogP contribution is -2.36. The molecule has 0 radical (unpaired) electrons. The zero-order valence-electron chi connectivity index (χ0n) is 12.2. The van der Waals surface area contributed by atoms with E-state index in [-0.39, 0.29) is 12.6 Å². The van der Waals surface area contributed by atoms with Gasteiger partial charge in [-0.2, -0.15) is 0 Å². The Balaban J connectivity index is 3.87. The molecule has 1 amide bonds. The van der Waals surface area contributed by atoms with Crippen molar-refractivity contribution >= 4 is 12.1 Å². The Morgan fingerprint density at radius 2 is 1.72 bits per heavy atom. The third kappa shape index (κ3) is 9.93. The molecule has 0 saturated carbocycles. The number of carbonyl (C=O) groups excluding carboxylic acids is 2. The van der Waals surface area contributed by atoms with E-state index >= 15 is 0 Å². The Morgan fingerprint density at radius 3 is 2.17 bits per heavy atom. The normalized spacial score (nSPS) is 13.1. The highest BCUT2D eigenvalue weighted by molar-refractivity contribution is 5.78. The van der Waals surface area contributed by atoms with Gasteiger partial charge in [0.25, 0.3) is 0 Å². The topological polar surface area (TPSA) is 64.6 Å². The van der Waals surface area contributed by atoms with E-state index in [9.17, 15) is 9.59 Å². The molecule has 0 aromatic rings. The molecule has 106 valence electrons. The second kappa shape index (κ2) is 7.24. The zero-order chi connectivity index (χ0) is 14.3. The highest BCUT2D eigenvalue weighted by Gasteiger charge is 2.17. The molecular weight excluding hydrogens is 234 g/mol. The van der Waals surface area contributed by atoms with E-state index < -0.39 is 17.7 Å². The van der Waals surface area contributed by atoms with Crippen LogP contribution < -0.4 is 5.32 Å². The number of alkyl carbamates (subject to hydrolysis) is 1. The molecule has 0 saturated heterocycles. The smallest absolute Gasteiger partial charge is 0.408 e. The van der Waals surface area contributed by atoms with Crippen molar-refractivity contribution in [1.29, 1.82) is 0 Å². The molecule has 1 unspecified atom stereocenters. The maximum atomic E-state index is 11.4. The largest absolute Gasteiger partial charge is 0.461 e. The van der Waals surface area contributed by atoms with Gasteiger partial charge in [-0.25, -0.2) is 4.79 Å². The fourth-order valence-electron chi connectivity index (χ4n) is 1.44. The maximum Gasteiger partial charge on any atom is 0.408 e. The number of carbonyl (C=O) groups is 2. The maximum absolute atomic E-state index is 11.4. The van der Waals surface area contributed by atoms with Gasteiger partial charge in [-0.05, 0) is 40.0 Å². The third-order valence-corrected chi connectivity index (χ3v) is 1.91. The number of nitrogens with one attached hydrogen (secondary N) is 1. The summed E-state index contributed by atoms with van der Waals surface area (Å²) < 4.78 is 10.1. The molecule has 0 aromatic heterocycles.